The maximum absolute atomic E-state index is 11.8. The second kappa shape index (κ2) is 5.68. The lowest BCUT2D eigenvalue weighted by Gasteiger charge is -2.15. The molecule has 1 aromatic carbocycles. The molecule has 1 atom stereocenters. The minimum Gasteiger partial charge on any atom is -0.493 e. The standard InChI is InChI=1S/C13H18N2O2/c14-11-6-8-15(10-11)13(16)7-9-17-12-4-2-1-3-5-12/h1-5,11H,6-10,14H2/t11-/m1/s1. The molecule has 1 heterocycles. The summed E-state index contributed by atoms with van der Waals surface area (Å²) >= 11 is 0. The highest BCUT2D eigenvalue weighted by Gasteiger charge is 2.22. The number of ether oxygens (including phenoxy) is 1. The number of rotatable bonds is 4. The van der Waals surface area contributed by atoms with Crippen LogP contribution in [-0.2, 0) is 4.79 Å². The Labute approximate surface area is 101 Å². The second-order valence-corrected chi connectivity index (χ2v) is 4.30. The van der Waals surface area contributed by atoms with Gasteiger partial charge in [0.05, 0.1) is 13.0 Å². The molecule has 1 fully saturated rings. The van der Waals surface area contributed by atoms with Gasteiger partial charge in [-0.05, 0) is 18.6 Å². The molecule has 0 saturated carbocycles. The van der Waals surface area contributed by atoms with Gasteiger partial charge in [-0.15, -0.1) is 0 Å². The number of para-hydroxylation sites is 1. The van der Waals surface area contributed by atoms with Gasteiger partial charge in [-0.25, -0.2) is 0 Å². The monoisotopic (exact) mass is 234 g/mol. The summed E-state index contributed by atoms with van der Waals surface area (Å²) in [5, 5.41) is 0. The van der Waals surface area contributed by atoms with Gasteiger partial charge in [0.15, 0.2) is 0 Å². The molecule has 4 nitrogen and oxygen atoms in total. The van der Waals surface area contributed by atoms with Crippen LogP contribution < -0.4 is 10.5 Å². The maximum Gasteiger partial charge on any atom is 0.226 e. The molecule has 92 valence electrons. The zero-order chi connectivity index (χ0) is 12.1. The first-order chi connectivity index (χ1) is 8.25. The van der Waals surface area contributed by atoms with Crippen LogP contribution in [0.15, 0.2) is 30.3 Å². The average Bonchev–Trinajstić information content (AvgIpc) is 2.77. The minimum absolute atomic E-state index is 0.133. The SMILES string of the molecule is N[C@@H]1CCN(C(=O)CCOc2ccccc2)C1. The maximum atomic E-state index is 11.8. The number of nitrogens with two attached hydrogens (primary N) is 1. The first kappa shape index (κ1) is 11.9. The molecule has 0 radical (unpaired) electrons. The first-order valence-electron chi connectivity index (χ1n) is 5.97. The van der Waals surface area contributed by atoms with E-state index in [1.165, 1.54) is 0 Å². The van der Waals surface area contributed by atoms with E-state index in [-0.39, 0.29) is 11.9 Å². The van der Waals surface area contributed by atoms with E-state index in [1.807, 2.05) is 35.2 Å². The fourth-order valence-corrected chi connectivity index (χ4v) is 1.94. The van der Waals surface area contributed by atoms with E-state index >= 15 is 0 Å². The predicted molar refractivity (Wildman–Crippen MR) is 65.7 cm³/mol. The van der Waals surface area contributed by atoms with Crippen LogP contribution in [0.2, 0.25) is 0 Å². The molecular weight excluding hydrogens is 216 g/mol. The van der Waals surface area contributed by atoms with Crippen molar-refractivity contribution in [3.05, 3.63) is 30.3 Å². The van der Waals surface area contributed by atoms with Gasteiger partial charge in [0.25, 0.3) is 0 Å². The van der Waals surface area contributed by atoms with Gasteiger partial charge >= 0.3 is 0 Å². The summed E-state index contributed by atoms with van der Waals surface area (Å²) in [6, 6.07) is 9.68. The second-order valence-electron chi connectivity index (χ2n) is 4.30. The Morgan fingerprint density at radius 3 is 2.82 bits per heavy atom. The van der Waals surface area contributed by atoms with E-state index in [9.17, 15) is 4.79 Å². The molecular formula is C13H18N2O2. The van der Waals surface area contributed by atoms with E-state index in [2.05, 4.69) is 0 Å². The summed E-state index contributed by atoms with van der Waals surface area (Å²) in [5.41, 5.74) is 5.76. The van der Waals surface area contributed by atoms with Crippen LogP contribution in [0.3, 0.4) is 0 Å². The number of hydrogen-bond donors (Lipinski definition) is 1. The molecule has 17 heavy (non-hydrogen) atoms. The van der Waals surface area contributed by atoms with Crippen LogP contribution in [0, 0.1) is 0 Å². The van der Waals surface area contributed by atoms with Gasteiger partial charge in [0.2, 0.25) is 5.91 Å². The Morgan fingerprint density at radius 1 is 1.41 bits per heavy atom. The van der Waals surface area contributed by atoms with Crippen molar-refractivity contribution >= 4 is 5.91 Å². The molecule has 0 spiro atoms. The smallest absolute Gasteiger partial charge is 0.226 e. The molecule has 2 rings (SSSR count). The van der Waals surface area contributed by atoms with Crippen LogP contribution in [0.25, 0.3) is 0 Å². The van der Waals surface area contributed by atoms with Crippen molar-refractivity contribution < 1.29 is 9.53 Å². The lowest BCUT2D eigenvalue weighted by molar-refractivity contribution is -0.130. The number of nitrogens with zero attached hydrogens (tertiary/aromatic N) is 1. The van der Waals surface area contributed by atoms with Crippen molar-refractivity contribution in [2.24, 2.45) is 5.73 Å². The molecule has 1 aromatic rings. The molecule has 1 saturated heterocycles. The number of likely N-dealkylation sites (tertiary alicyclic amines) is 1. The van der Waals surface area contributed by atoms with E-state index in [0.717, 1.165) is 18.7 Å². The van der Waals surface area contributed by atoms with Crippen molar-refractivity contribution in [1.82, 2.24) is 4.90 Å². The Bertz CT molecular complexity index is 367. The van der Waals surface area contributed by atoms with Crippen molar-refractivity contribution in [1.29, 1.82) is 0 Å². The molecule has 0 bridgehead atoms. The van der Waals surface area contributed by atoms with Gasteiger partial charge in [-0.1, -0.05) is 18.2 Å². The molecule has 0 unspecified atom stereocenters. The third-order valence-corrected chi connectivity index (χ3v) is 2.91. The summed E-state index contributed by atoms with van der Waals surface area (Å²) in [4.78, 5) is 13.6. The fourth-order valence-electron chi connectivity index (χ4n) is 1.94. The normalized spacial score (nSPS) is 19.4. The lowest BCUT2D eigenvalue weighted by atomic mass is 10.3. The molecule has 1 aliphatic heterocycles. The Hall–Kier alpha value is -1.55. The zero-order valence-electron chi connectivity index (χ0n) is 9.84. The summed E-state index contributed by atoms with van der Waals surface area (Å²) in [6.07, 6.45) is 1.33. The average molecular weight is 234 g/mol. The van der Waals surface area contributed by atoms with E-state index in [0.29, 0.717) is 19.6 Å². The Kier molecular flexibility index (Phi) is 3.98. The van der Waals surface area contributed by atoms with Crippen LogP contribution in [0.1, 0.15) is 12.8 Å². The lowest BCUT2D eigenvalue weighted by Crippen LogP contribution is -2.32. The molecule has 0 aliphatic carbocycles. The quantitative estimate of drug-likeness (QED) is 0.846. The highest BCUT2D eigenvalue weighted by molar-refractivity contribution is 5.76. The van der Waals surface area contributed by atoms with Gasteiger partial charge in [-0.2, -0.15) is 0 Å². The van der Waals surface area contributed by atoms with Crippen molar-refractivity contribution in [2.75, 3.05) is 19.7 Å². The minimum atomic E-state index is 0.133. The molecule has 2 N–H and O–H groups in total. The number of amides is 1. The van der Waals surface area contributed by atoms with Crippen LogP contribution in [0.4, 0.5) is 0 Å². The van der Waals surface area contributed by atoms with E-state index < -0.39 is 0 Å². The Balaban J connectivity index is 1.70. The fraction of sp³-hybridized carbons (Fsp3) is 0.462. The van der Waals surface area contributed by atoms with Gasteiger partial charge in [0, 0.05) is 19.1 Å². The van der Waals surface area contributed by atoms with Crippen molar-refractivity contribution in [2.45, 2.75) is 18.9 Å². The molecule has 4 heteroatoms. The van der Waals surface area contributed by atoms with Gasteiger partial charge < -0.3 is 15.4 Å². The topological polar surface area (TPSA) is 55.6 Å². The largest absolute Gasteiger partial charge is 0.493 e. The third-order valence-electron chi connectivity index (χ3n) is 2.91. The Morgan fingerprint density at radius 2 is 2.18 bits per heavy atom. The number of benzene rings is 1. The van der Waals surface area contributed by atoms with Crippen LogP contribution in [-0.4, -0.2) is 36.5 Å². The van der Waals surface area contributed by atoms with Crippen LogP contribution >= 0.6 is 0 Å². The predicted octanol–water partition coefficient (Wildman–Crippen LogP) is 1.02. The van der Waals surface area contributed by atoms with E-state index in [4.69, 9.17) is 10.5 Å². The number of hydrogen-bond acceptors (Lipinski definition) is 3. The first-order valence-corrected chi connectivity index (χ1v) is 5.97. The van der Waals surface area contributed by atoms with E-state index in [1.54, 1.807) is 0 Å². The molecule has 1 amide bonds. The van der Waals surface area contributed by atoms with Crippen molar-refractivity contribution in [3.63, 3.8) is 0 Å². The van der Waals surface area contributed by atoms with Crippen molar-refractivity contribution in [3.8, 4) is 5.75 Å². The van der Waals surface area contributed by atoms with Crippen LogP contribution in [0.5, 0.6) is 5.75 Å². The number of carbonyl (C=O) groups is 1. The summed E-state index contributed by atoms with van der Waals surface area (Å²) < 4.78 is 5.48. The number of carbonyl (C=O) groups excluding carboxylic acids is 1. The molecule has 0 aromatic heterocycles. The summed E-state index contributed by atoms with van der Waals surface area (Å²) in [7, 11) is 0. The van der Waals surface area contributed by atoms with Gasteiger partial charge in [0.1, 0.15) is 5.75 Å². The highest BCUT2D eigenvalue weighted by Crippen LogP contribution is 2.11. The third kappa shape index (κ3) is 3.46. The zero-order valence-corrected chi connectivity index (χ0v) is 9.84. The molecule has 1 aliphatic rings. The summed E-state index contributed by atoms with van der Waals surface area (Å²) in [6.45, 7) is 1.89. The summed E-state index contributed by atoms with van der Waals surface area (Å²) in [5.74, 6) is 0.937. The van der Waals surface area contributed by atoms with Gasteiger partial charge in [-0.3, -0.25) is 4.79 Å². The highest BCUT2D eigenvalue weighted by atomic mass is 16.5.